The normalized spacial score (nSPS) is 11.7. The quantitative estimate of drug-likeness (QED) is 0.683. The standard InChI is InChI=1S/C11H10Cl2N2O5/c12-6-4-14-8(13)3-5(6)10(18)15-7(11(19)20)1-2-9(16)17/h3-4,7H,1-2H2,(H,15,18)(H,16,17)(H,19,20)/t7-/m0/s1. The van der Waals surface area contributed by atoms with Gasteiger partial charge in [-0.05, 0) is 12.5 Å². The van der Waals surface area contributed by atoms with E-state index in [2.05, 4.69) is 10.3 Å². The van der Waals surface area contributed by atoms with Crippen molar-refractivity contribution in [3.63, 3.8) is 0 Å². The summed E-state index contributed by atoms with van der Waals surface area (Å²) < 4.78 is 0. The summed E-state index contributed by atoms with van der Waals surface area (Å²) in [5.41, 5.74) is -0.0340. The lowest BCUT2D eigenvalue weighted by Crippen LogP contribution is -2.41. The van der Waals surface area contributed by atoms with Gasteiger partial charge < -0.3 is 15.5 Å². The third-order valence-corrected chi connectivity index (χ3v) is 2.82. The molecule has 108 valence electrons. The largest absolute Gasteiger partial charge is 0.481 e. The number of rotatable bonds is 6. The van der Waals surface area contributed by atoms with Gasteiger partial charge in [0.1, 0.15) is 11.2 Å². The van der Waals surface area contributed by atoms with Crippen molar-refractivity contribution >= 4 is 41.0 Å². The fourth-order valence-electron chi connectivity index (χ4n) is 1.35. The molecule has 20 heavy (non-hydrogen) atoms. The second kappa shape index (κ2) is 7.06. The van der Waals surface area contributed by atoms with Crippen LogP contribution in [0.15, 0.2) is 12.3 Å². The number of nitrogens with one attached hydrogen (secondary N) is 1. The molecule has 0 aromatic carbocycles. The Bertz CT molecular complexity index is 550. The third kappa shape index (κ3) is 4.67. The van der Waals surface area contributed by atoms with E-state index in [-0.39, 0.29) is 28.6 Å². The van der Waals surface area contributed by atoms with Crippen molar-refractivity contribution in [1.82, 2.24) is 10.3 Å². The van der Waals surface area contributed by atoms with Crippen LogP contribution in [0.4, 0.5) is 0 Å². The molecule has 0 saturated carbocycles. The third-order valence-electron chi connectivity index (χ3n) is 2.32. The molecule has 7 nitrogen and oxygen atoms in total. The molecule has 0 spiro atoms. The van der Waals surface area contributed by atoms with Crippen LogP contribution >= 0.6 is 23.2 Å². The van der Waals surface area contributed by atoms with Gasteiger partial charge in [-0.3, -0.25) is 9.59 Å². The summed E-state index contributed by atoms with van der Waals surface area (Å²) in [6.07, 6.45) is 0.529. The second-order valence-electron chi connectivity index (χ2n) is 3.78. The van der Waals surface area contributed by atoms with Gasteiger partial charge >= 0.3 is 11.9 Å². The van der Waals surface area contributed by atoms with Crippen LogP contribution in [0.2, 0.25) is 10.2 Å². The minimum atomic E-state index is -1.34. The highest BCUT2D eigenvalue weighted by Crippen LogP contribution is 2.18. The molecule has 0 saturated heterocycles. The van der Waals surface area contributed by atoms with Crippen LogP contribution in [-0.2, 0) is 9.59 Å². The minimum Gasteiger partial charge on any atom is -0.481 e. The van der Waals surface area contributed by atoms with Crippen LogP contribution in [-0.4, -0.2) is 39.1 Å². The Morgan fingerprint density at radius 3 is 2.50 bits per heavy atom. The summed E-state index contributed by atoms with van der Waals surface area (Å²) in [5.74, 6) is -3.26. The molecule has 1 amide bonds. The fraction of sp³-hybridized carbons (Fsp3) is 0.273. The first kappa shape index (κ1) is 16.2. The maximum atomic E-state index is 11.9. The first-order valence-electron chi connectivity index (χ1n) is 5.37. The Morgan fingerprint density at radius 2 is 1.95 bits per heavy atom. The molecule has 1 heterocycles. The molecule has 0 aliphatic rings. The summed E-state index contributed by atoms with van der Waals surface area (Å²) >= 11 is 11.4. The number of aromatic nitrogens is 1. The minimum absolute atomic E-state index is 0.00859. The summed E-state index contributed by atoms with van der Waals surface area (Å²) in [5, 5.41) is 19.7. The van der Waals surface area contributed by atoms with E-state index in [9.17, 15) is 14.4 Å². The van der Waals surface area contributed by atoms with Crippen molar-refractivity contribution in [2.24, 2.45) is 0 Å². The van der Waals surface area contributed by atoms with Crippen LogP contribution in [0.3, 0.4) is 0 Å². The summed E-state index contributed by atoms with van der Waals surface area (Å²) in [6.45, 7) is 0. The summed E-state index contributed by atoms with van der Waals surface area (Å²) in [7, 11) is 0. The lowest BCUT2D eigenvalue weighted by atomic mass is 10.1. The molecule has 1 atom stereocenters. The van der Waals surface area contributed by atoms with Gasteiger partial charge in [0.15, 0.2) is 0 Å². The number of hydrogen-bond donors (Lipinski definition) is 3. The van der Waals surface area contributed by atoms with Crippen molar-refractivity contribution < 1.29 is 24.6 Å². The Kier molecular flexibility index (Phi) is 5.72. The molecule has 9 heteroatoms. The molecule has 0 fully saturated rings. The summed E-state index contributed by atoms with van der Waals surface area (Å²) in [6, 6.07) is -0.142. The number of hydrogen-bond acceptors (Lipinski definition) is 4. The fourth-order valence-corrected chi connectivity index (χ4v) is 1.70. The zero-order chi connectivity index (χ0) is 15.3. The Labute approximate surface area is 123 Å². The average molecular weight is 321 g/mol. The van der Waals surface area contributed by atoms with E-state index in [4.69, 9.17) is 33.4 Å². The van der Waals surface area contributed by atoms with Crippen LogP contribution in [0, 0.1) is 0 Å². The Morgan fingerprint density at radius 1 is 1.30 bits per heavy atom. The molecule has 1 aromatic rings. The van der Waals surface area contributed by atoms with Gasteiger partial charge in [0, 0.05) is 12.6 Å². The van der Waals surface area contributed by atoms with Crippen molar-refractivity contribution in [2.45, 2.75) is 18.9 Å². The number of carboxylic acids is 2. The Hall–Kier alpha value is -1.86. The highest BCUT2D eigenvalue weighted by molar-refractivity contribution is 6.35. The van der Waals surface area contributed by atoms with Gasteiger partial charge in [0.2, 0.25) is 0 Å². The van der Waals surface area contributed by atoms with Gasteiger partial charge in [0.05, 0.1) is 10.6 Å². The van der Waals surface area contributed by atoms with Gasteiger partial charge in [0.25, 0.3) is 5.91 Å². The molecule has 1 aromatic heterocycles. The first-order valence-corrected chi connectivity index (χ1v) is 6.13. The maximum Gasteiger partial charge on any atom is 0.326 e. The number of halogens is 2. The van der Waals surface area contributed by atoms with Crippen molar-refractivity contribution in [3.05, 3.63) is 28.0 Å². The molecule has 0 unspecified atom stereocenters. The highest BCUT2D eigenvalue weighted by atomic mass is 35.5. The van der Waals surface area contributed by atoms with E-state index in [0.29, 0.717) is 0 Å². The van der Waals surface area contributed by atoms with Crippen molar-refractivity contribution in [1.29, 1.82) is 0 Å². The number of carbonyl (C=O) groups excluding carboxylic acids is 1. The number of nitrogens with zero attached hydrogens (tertiary/aromatic N) is 1. The SMILES string of the molecule is O=C(O)CC[C@H](NC(=O)c1cc(Cl)ncc1Cl)C(=O)O. The summed E-state index contributed by atoms with van der Waals surface area (Å²) in [4.78, 5) is 36.9. The molecule has 0 bridgehead atoms. The molecule has 0 aliphatic carbocycles. The lowest BCUT2D eigenvalue weighted by molar-refractivity contribution is -0.140. The number of amides is 1. The topological polar surface area (TPSA) is 117 Å². The lowest BCUT2D eigenvalue weighted by Gasteiger charge is -2.14. The van der Waals surface area contributed by atoms with E-state index in [1.54, 1.807) is 0 Å². The van der Waals surface area contributed by atoms with E-state index < -0.39 is 23.9 Å². The monoisotopic (exact) mass is 320 g/mol. The molecule has 1 rings (SSSR count). The van der Waals surface area contributed by atoms with E-state index in [0.717, 1.165) is 6.20 Å². The number of carboxylic acid groups (broad SMARTS) is 2. The number of pyridine rings is 1. The smallest absolute Gasteiger partial charge is 0.326 e. The molecule has 0 aliphatic heterocycles. The van der Waals surface area contributed by atoms with Gasteiger partial charge in [-0.1, -0.05) is 23.2 Å². The molecule has 3 N–H and O–H groups in total. The van der Waals surface area contributed by atoms with Crippen LogP contribution in [0.25, 0.3) is 0 Å². The van der Waals surface area contributed by atoms with E-state index >= 15 is 0 Å². The average Bonchev–Trinajstić information content (AvgIpc) is 2.36. The van der Waals surface area contributed by atoms with Gasteiger partial charge in [-0.25, -0.2) is 9.78 Å². The predicted molar refractivity (Wildman–Crippen MR) is 70.0 cm³/mol. The van der Waals surface area contributed by atoms with Crippen LogP contribution in [0.5, 0.6) is 0 Å². The zero-order valence-corrected chi connectivity index (χ0v) is 11.5. The molecule has 0 radical (unpaired) electrons. The zero-order valence-electron chi connectivity index (χ0n) is 9.97. The van der Waals surface area contributed by atoms with Crippen molar-refractivity contribution in [2.75, 3.05) is 0 Å². The first-order chi connectivity index (χ1) is 9.31. The van der Waals surface area contributed by atoms with Gasteiger partial charge in [-0.15, -0.1) is 0 Å². The predicted octanol–water partition coefficient (Wildman–Crippen LogP) is 1.44. The maximum absolute atomic E-state index is 11.9. The number of aliphatic carboxylic acids is 2. The Balaban J connectivity index is 2.82. The molecular weight excluding hydrogens is 311 g/mol. The highest BCUT2D eigenvalue weighted by Gasteiger charge is 2.22. The van der Waals surface area contributed by atoms with Crippen LogP contribution in [0.1, 0.15) is 23.2 Å². The van der Waals surface area contributed by atoms with E-state index in [1.807, 2.05) is 0 Å². The van der Waals surface area contributed by atoms with Crippen LogP contribution < -0.4 is 5.32 Å². The second-order valence-corrected chi connectivity index (χ2v) is 4.58. The van der Waals surface area contributed by atoms with Crippen molar-refractivity contribution in [3.8, 4) is 0 Å². The van der Waals surface area contributed by atoms with E-state index in [1.165, 1.54) is 6.07 Å². The number of carbonyl (C=O) groups is 3. The van der Waals surface area contributed by atoms with Gasteiger partial charge in [-0.2, -0.15) is 0 Å². The molecular formula is C11H10Cl2N2O5.